The summed E-state index contributed by atoms with van der Waals surface area (Å²) in [5.41, 5.74) is 6.19. The fourth-order valence-electron chi connectivity index (χ4n) is 3.90. The highest BCUT2D eigenvalue weighted by Gasteiger charge is 2.56. The molecule has 14 heteroatoms. The zero-order valence-electron chi connectivity index (χ0n) is 19.5. The van der Waals surface area contributed by atoms with Crippen LogP contribution < -0.4 is 16.4 Å². The minimum absolute atomic E-state index is 0.132. The Hall–Kier alpha value is -2.55. The number of nitrogens with one attached hydrogen (secondary N) is 2. The van der Waals surface area contributed by atoms with E-state index in [1.807, 2.05) is 13.8 Å². The summed E-state index contributed by atoms with van der Waals surface area (Å²) in [7, 11) is 0. The van der Waals surface area contributed by atoms with Crippen molar-refractivity contribution in [3.05, 3.63) is 11.1 Å². The number of imidazole rings is 1. The number of fused-ring (bicyclic) bond motifs is 2. The van der Waals surface area contributed by atoms with E-state index < -0.39 is 47.9 Å². The van der Waals surface area contributed by atoms with E-state index in [4.69, 9.17) is 24.7 Å². The second kappa shape index (κ2) is 8.91. The van der Waals surface area contributed by atoms with Gasteiger partial charge < -0.3 is 35.3 Å². The molecule has 13 nitrogen and oxygen atoms in total. The molecule has 0 spiro atoms. The SMILES string of the molecule is CC(C)(C)OC(=O)NCC(=O)NC[C@H]1O[C@@H](n2c(Br)nc3c(N)ncnc32)C2OC(C)(C)OC21. The van der Waals surface area contributed by atoms with Crippen LogP contribution in [0.1, 0.15) is 40.8 Å². The molecule has 2 unspecified atom stereocenters. The van der Waals surface area contributed by atoms with Gasteiger partial charge in [0, 0.05) is 6.54 Å². The number of rotatable bonds is 5. The molecule has 4 rings (SSSR count). The van der Waals surface area contributed by atoms with Crippen LogP contribution in [-0.2, 0) is 23.7 Å². The molecule has 4 N–H and O–H groups in total. The maximum absolute atomic E-state index is 12.3. The summed E-state index contributed by atoms with van der Waals surface area (Å²) in [6.07, 6.45) is -1.48. The quantitative estimate of drug-likeness (QED) is 0.468. The summed E-state index contributed by atoms with van der Waals surface area (Å²) in [6.45, 7) is 8.73. The molecule has 4 heterocycles. The van der Waals surface area contributed by atoms with Gasteiger partial charge in [-0.2, -0.15) is 0 Å². The van der Waals surface area contributed by atoms with Gasteiger partial charge in [-0.3, -0.25) is 9.36 Å². The molecule has 2 aromatic heterocycles. The first kappa shape index (κ1) is 24.6. The lowest BCUT2D eigenvalue weighted by Crippen LogP contribution is -2.44. The molecule has 2 saturated heterocycles. The molecule has 4 atom stereocenters. The summed E-state index contributed by atoms with van der Waals surface area (Å²) in [5, 5.41) is 5.18. The second-order valence-electron chi connectivity index (χ2n) is 9.47. The normalized spacial score (nSPS) is 25.8. The number of nitrogens with zero attached hydrogens (tertiary/aromatic N) is 4. The third kappa shape index (κ3) is 5.09. The van der Waals surface area contributed by atoms with Gasteiger partial charge in [0.15, 0.2) is 33.7 Å². The van der Waals surface area contributed by atoms with Crippen molar-refractivity contribution in [1.82, 2.24) is 30.2 Å². The van der Waals surface area contributed by atoms with Crippen LogP contribution in [0.5, 0.6) is 0 Å². The number of carbonyl (C=O) groups is 2. The van der Waals surface area contributed by atoms with E-state index in [9.17, 15) is 9.59 Å². The number of anilines is 1. The van der Waals surface area contributed by atoms with Crippen LogP contribution in [0.3, 0.4) is 0 Å². The van der Waals surface area contributed by atoms with Crippen LogP contribution in [-0.4, -0.2) is 74.3 Å². The van der Waals surface area contributed by atoms with Crippen LogP contribution in [0, 0.1) is 0 Å². The molecule has 0 radical (unpaired) electrons. The van der Waals surface area contributed by atoms with E-state index in [2.05, 4.69) is 41.5 Å². The van der Waals surface area contributed by atoms with Gasteiger partial charge in [-0.05, 0) is 50.5 Å². The van der Waals surface area contributed by atoms with Crippen molar-refractivity contribution in [2.75, 3.05) is 18.8 Å². The van der Waals surface area contributed by atoms with Gasteiger partial charge in [0.2, 0.25) is 5.91 Å². The highest BCUT2D eigenvalue weighted by molar-refractivity contribution is 9.10. The maximum atomic E-state index is 12.3. The van der Waals surface area contributed by atoms with E-state index in [1.165, 1.54) is 6.33 Å². The van der Waals surface area contributed by atoms with Gasteiger partial charge in [0.25, 0.3) is 0 Å². The standard InChI is InChI=1S/C20H28BrN7O6/c1-19(2,3)34-18(30)24-7-10(29)23-6-9-12-13(33-20(4,5)32-12)16(31-9)28-15-11(27-17(28)21)14(22)25-8-26-15/h8-9,12-13,16H,6-7H2,1-5H3,(H,23,29)(H,24,30)(H2,22,25,26)/t9-,12?,13?,16-/m1/s1. The molecule has 0 bridgehead atoms. The summed E-state index contributed by atoms with van der Waals surface area (Å²) in [4.78, 5) is 36.8. The first-order valence-corrected chi connectivity index (χ1v) is 11.5. The predicted octanol–water partition coefficient (Wildman–Crippen LogP) is 1.23. The van der Waals surface area contributed by atoms with Gasteiger partial charge in [-0.1, -0.05) is 0 Å². The number of halogens is 1. The molecule has 2 fully saturated rings. The Morgan fingerprint density at radius 2 is 1.94 bits per heavy atom. The monoisotopic (exact) mass is 541 g/mol. The van der Waals surface area contributed by atoms with Crippen LogP contribution >= 0.6 is 15.9 Å². The number of ether oxygens (including phenoxy) is 4. The highest BCUT2D eigenvalue weighted by atomic mass is 79.9. The number of alkyl carbamates (subject to hydrolysis) is 1. The smallest absolute Gasteiger partial charge is 0.408 e. The van der Waals surface area contributed by atoms with Crippen LogP contribution in [0.15, 0.2) is 11.1 Å². The third-order valence-electron chi connectivity index (χ3n) is 5.13. The Kier molecular flexibility index (Phi) is 6.44. The van der Waals surface area contributed by atoms with Crippen molar-refractivity contribution in [2.24, 2.45) is 0 Å². The maximum Gasteiger partial charge on any atom is 0.408 e. The number of carbonyl (C=O) groups excluding carboxylic acids is 2. The molecule has 34 heavy (non-hydrogen) atoms. The van der Waals surface area contributed by atoms with Crippen LogP contribution in [0.4, 0.5) is 10.6 Å². The Balaban J connectivity index is 1.46. The first-order valence-electron chi connectivity index (χ1n) is 10.7. The predicted molar refractivity (Wildman–Crippen MR) is 122 cm³/mol. The minimum atomic E-state index is -0.852. The molecular weight excluding hydrogens is 514 g/mol. The molecule has 0 aromatic carbocycles. The van der Waals surface area contributed by atoms with E-state index in [1.54, 1.807) is 25.3 Å². The molecule has 0 aliphatic carbocycles. The second-order valence-corrected chi connectivity index (χ2v) is 10.2. The zero-order valence-corrected chi connectivity index (χ0v) is 21.1. The van der Waals surface area contributed by atoms with E-state index in [0.717, 1.165) is 0 Å². The topological polar surface area (TPSA) is 165 Å². The van der Waals surface area contributed by atoms with Crippen molar-refractivity contribution < 1.29 is 28.5 Å². The Bertz CT molecular complexity index is 1100. The van der Waals surface area contributed by atoms with Gasteiger partial charge in [0.05, 0.1) is 6.54 Å². The van der Waals surface area contributed by atoms with Gasteiger partial charge in [-0.25, -0.2) is 19.7 Å². The zero-order chi connectivity index (χ0) is 24.8. The fourth-order valence-corrected chi connectivity index (χ4v) is 4.45. The number of hydrogen-bond donors (Lipinski definition) is 3. The summed E-state index contributed by atoms with van der Waals surface area (Å²) < 4.78 is 25.8. The molecule has 186 valence electrons. The average molecular weight is 542 g/mol. The number of amides is 2. The number of hydrogen-bond acceptors (Lipinski definition) is 10. The lowest BCUT2D eigenvalue weighted by molar-refractivity contribution is -0.196. The Labute approximate surface area is 204 Å². The van der Waals surface area contributed by atoms with Crippen LogP contribution in [0.2, 0.25) is 0 Å². The number of aromatic nitrogens is 4. The largest absolute Gasteiger partial charge is 0.444 e. The highest BCUT2D eigenvalue weighted by Crippen LogP contribution is 2.44. The average Bonchev–Trinajstić information content (AvgIpc) is 3.32. The molecule has 0 saturated carbocycles. The number of nitrogen functional groups attached to an aromatic ring is 1. The van der Waals surface area contributed by atoms with Crippen molar-refractivity contribution in [1.29, 1.82) is 0 Å². The first-order chi connectivity index (χ1) is 15.8. The fraction of sp³-hybridized carbons (Fsp3) is 0.650. The summed E-state index contributed by atoms with van der Waals surface area (Å²) in [6, 6.07) is 0. The van der Waals surface area contributed by atoms with Gasteiger partial charge >= 0.3 is 6.09 Å². The van der Waals surface area contributed by atoms with E-state index in [0.29, 0.717) is 15.9 Å². The summed E-state index contributed by atoms with van der Waals surface area (Å²) in [5.74, 6) is -1.01. The lowest BCUT2D eigenvalue weighted by Gasteiger charge is -2.25. The Morgan fingerprint density at radius 3 is 2.65 bits per heavy atom. The van der Waals surface area contributed by atoms with Gasteiger partial charge in [0.1, 0.15) is 30.2 Å². The molecule has 2 aromatic rings. The number of nitrogens with two attached hydrogens (primary N) is 1. The molecule has 2 aliphatic heterocycles. The van der Waals surface area contributed by atoms with E-state index >= 15 is 0 Å². The van der Waals surface area contributed by atoms with Gasteiger partial charge in [-0.15, -0.1) is 0 Å². The van der Waals surface area contributed by atoms with Crippen molar-refractivity contribution in [3.8, 4) is 0 Å². The Morgan fingerprint density at radius 1 is 1.24 bits per heavy atom. The van der Waals surface area contributed by atoms with Crippen molar-refractivity contribution in [3.63, 3.8) is 0 Å². The van der Waals surface area contributed by atoms with Crippen LogP contribution in [0.25, 0.3) is 11.2 Å². The third-order valence-corrected chi connectivity index (χ3v) is 5.69. The molecule has 2 aliphatic rings. The van der Waals surface area contributed by atoms with Crippen molar-refractivity contribution in [2.45, 2.75) is 70.5 Å². The minimum Gasteiger partial charge on any atom is -0.444 e. The van der Waals surface area contributed by atoms with Crippen molar-refractivity contribution >= 4 is 44.9 Å². The van der Waals surface area contributed by atoms with E-state index in [-0.39, 0.29) is 18.9 Å². The molecular formula is C20H28BrN7O6. The summed E-state index contributed by atoms with van der Waals surface area (Å²) >= 11 is 3.45. The molecule has 2 amide bonds. The lowest BCUT2D eigenvalue weighted by atomic mass is 10.1.